The van der Waals surface area contributed by atoms with Crippen LogP contribution in [0.1, 0.15) is 68.1 Å². The van der Waals surface area contributed by atoms with E-state index in [2.05, 4.69) is 4.90 Å². The lowest BCUT2D eigenvalue weighted by molar-refractivity contribution is -0.161. The first-order chi connectivity index (χ1) is 14.5. The second-order valence-electron chi connectivity index (χ2n) is 10.7. The predicted molar refractivity (Wildman–Crippen MR) is 112 cm³/mol. The van der Waals surface area contributed by atoms with Crippen LogP contribution in [-0.4, -0.2) is 42.4 Å². The number of rotatable bonds is 2. The van der Waals surface area contributed by atoms with Crippen LogP contribution < -0.4 is 9.47 Å². The van der Waals surface area contributed by atoms with Crippen LogP contribution in [0.5, 0.6) is 11.5 Å². The van der Waals surface area contributed by atoms with Gasteiger partial charge in [0.05, 0.1) is 24.5 Å². The molecule has 4 saturated carbocycles. The first-order valence-electron chi connectivity index (χ1n) is 11.7. The Bertz CT molecular complexity index is 863. The second kappa shape index (κ2) is 6.48. The summed E-state index contributed by atoms with van der Waals surface area (Å²) in [5.41, 5.74) is 0.0785. The Morgan fingerprint density at radius 1 is 1.07 bits per heavy atom. The third-order valence-electron chi connectivity index (χ3n) is 8.75. The molecule has 30 heavy (non-hydrogen) atoms. The maximum absolute atomic E-state index is 13.7. The molecule has 4 aliphatic carbocycles. The summed E-state index contributed by atoms with van der Waals surface area (Å²) in [4.78, 5) is 28.6. The number of likely N-dealkylation sites (tertiary alicyclic amines) is 1. The fourth-order valence-corrected chi connectivity index (χ4v) is 7.70. The molecule has 1 saturated heterocycles. The Morgan fingerprint density at radius 2 is 1.70 bits per heavy atom. The fraction of sp³-hybridized carbons (Fsp3) is 0.680. The first kappa shape index (κ1) is 18.7. The number of fused-ring (bicyclic) bond motifs is 1. The van der Waals surface area contributed by atoms with E-state index in [1.54, 1.807) is 13.2 Å². The average Bonchev–Trinajstić information content (AvgIpc) is 2.73. The number of hydrogen-bond donors (Lipinski definition) is 0. The molecule has 5 nitrogen and oxygen atoms in total. The average molecular weight is 410 g/mol. The first-order valence-corrected chi connectivity index (χ1v) is 11.7. The maximum Gasteiger partial charge on any atom is 0.228 e. The minimum absolute atomic E-state index is 0.0777. The highest BCUT2D eigenvalue weighted by Gasteiger charge is 2.56. The number of methoxy groups -OCH3 is 1. The summed E-state index contributed by atoms with van der Waals surface area (Å²) in [6.45, 7) is 1.42. The van der Waals surface area contributed by atoms with Crippen LogP contribution in [-0.2, 0) is 4.79 Å². The molecule has 4 bridgehead atoms. The molecule has 1 aromatic carbocycles. The number of hydrogen-bond acceptors (Lipinski definition) is 4. The Labute approximate surface area is 178 Å². The molecule has 0 radical (unpaired) electrons. The van der Waals surface area contributed by atoms with Crippen LogP contribution in [0.3, 0.4) is 0 Å². The van der Waals surface area contributed by atoms with Gasteiger partial charge in [0, 0.05) is 25.9 Å². The molecule has 7 rings (SSSR count). The number of ketones is 1. The van der Waals surface area contributed by atoms with E-state index in [0.29, 0.717) is 42.5 Å². The van der Waals surface area contributed by atoms with Crippen molar-refractivity contribution in [1.29, 1.82) is 0 Å². The van der Waals surface area contributed by atoms with Crippen molar-refractivity contribution in [2.45, 2.75) is 63.4 Å². The van der Waals surface area contributed by atoms with Gasteiger partial charge in [0.1, 0.15) is 17.1 Å². The topological polar surface area (TPSA) is 55.8 Å². The van der Waals surface area contributed by atoms with Gasteiger partial charge in [-0.25, -0.2) is 0 Å². The van der Waals surface area contributed by atoms with Crippen molar-refractivity contribution in [1.82, 2.24) is 4.90 Å². The van der Waals surface area contributed by atoms with Gasteiger partial charge in [-0.3, -0.25) is 9.59 Å². The van der Waals surface area contributed by atoms with E-state index in [1.165, 1.54) is 19.3 Å². The lowest BCUT2D eigenvalue weighted by Gasteiger charge is -2.57. The van der Waals surface area contributed by atoms with Crippen molar-refractivity contribution in [3.63, 3.8) is 0 Å². The lowest BCUT2D eigenvalue weighted by Crippen LogP contribution is -2.58. The van der Waals surface area contributed by atoms with Crippen molar-refractivity contribution in [2.75, 3.05) is 20.2 Å². The van der Waals surface area contributed by atoms with E-state index in [4.69, 9.17) is 9.47 Å². The van der Waals surface area contributed by atoms with Crippen LogP contribution in [0, 0.1) is 23.2 Å². The van der Waals surface area contributed by atoms with Crippen LogP contribution in [0.25, 0.3) is 0 Å². The van der Waals surface area contributed by atoms with Crippen molar-refractivity contribution in [2.24, 2.45) is 23.2 Å². The quantitative estimate of drug-likeness (QED) is 0.733. The smallest absolute Gasteiger partial charge is 0.228 e. The van der Waals surface area contributed by atoms with Gasteiger partial charge >= 0.3 is 0 Å². The number of ether oxygens (including phenoxy) is 2. The molecule has 2 aliphatic heterocycles. The normalized spacial score (nSPS) is 35.8. The molecule has 5 heteroatoms. The third-order valence-corrected chi connectivity index (χ3v) is 8.75. The number of carbonyl (C=O) groups is 2. The van der Waals surface area contributed by atoms with Crippen molar-refractivity contribution >= 4 is 11.7 Å². The van der Waals surface area contributed by atoms with Gasteiger partial charge in [-0.2, -0.15) is 0 Å². The maximum atomic E-state index is 13.7. The van der Waals surface area contributed by atoms with Crippen molar-refractivity contribution in [3.05, 3.63) is 23.8 Å². The van der Waals surface area contributed by atoms with E-state index in [-0.39, 0.29) is 11.2 Å². The standard InChI is InChI=1S/C25H31NO4/c1-29-19-2-3-22-20(11-19)21(27)15-25(30-22)4-6-26(7-5-25)23(28)24-12-16-8-17(13-24)10-18(9-16)14-24/h2-3,11,16-18H,4-10,12-15H2,1H3. The molecule has 0 atom stereocenters. The molecule has 0 aromatic heterocycles. The van der Waals surface area contributed by atoms with Crippen LogP contribution in [0.15, 0.2) is 18.2 Å². The summed E-state index contributed by atoms with van der Waals surface area (Å²) in [5.74, 6) is 4.21. The summed E-state index contributed by atoms with van der Waals surface area (Å²) in [7, 11) is 1.61. The molecule has 2 heterocycles. The summed E-state index contributed by atoms with van der Waals surface area (Å²) in [6.07, 6.45) is 9.29. The van der Waals surface area contributed by atoms with Gasteiger partial charge in [0.15, 0.2) is 5.78 Å². The number of Topliss-reactive ketones (excluding diaryl/α,β-unsaturated/α-hetero) is 1. The van der Waals surface area contributed by atoms with Crippen molar-refractivity contribution in [3.8, 4) is 11.5 Å². The van der Waals surface area contributed by atoms with Crippen LogP contribution >= 0.6 is 0 Å². The molecule has 1 aromatic rings. The molecule has 0 N–H and O–H groups in total. The van der Waals surface area contributed by atoms with Gasteiger partial charge in [-0.15, -0.1) is 0 Å². The Balaban J connectivity index is 1.17. The highest BCUT2D eigenvalue weighted by atomic mass is 16.5. The minimum atomic E-state index is -0.461. The number of carbonyl (C=O) groups excluding carboxylic acids is 2. The lowest BCUT2D eigenvalue weighted by atomic mass is 9.49. The fourth-order valence-electron chi connectivity index (χ4n) is 7.70. The summed E-state index contributed by atoms with van der Waals surface area (Å²) in [6, 6.07) is 5.47. The second-order valence-corrected chi connectivity index (χ2v) is 10.7. The minimum Gasteiger partial charge on any atom is -0.497 e. The van der Waals surface area contributed by atoms with E-state index in [1.807, 2.05) is 12.1 Å². The SMILES string of the molecule is COc1ccc2c(c1)C(=O)CC1(CCN(C(=O)C34CC5CC(CC(C5)C3)C4)CC1)O2. The van der Waals surface area contributed by atoms with Crippen LogP contribution in [0.2, 0.25) is 0 Å². The number of nitrogens with zero attached hydrogens (tertiary/aromatic N) is 1. The molecule has 1 spiro atoms. The van der Waals surface area contributed by atoms with E-state index in [0.717, 1.165) is 49.9 Å². The van der Waals surface area contributed by atoms with E-state index in [9.17, 15) is 9.59 Å². The molecular weight excluding hydrogens is 378 g/mol. The van der Waals surface area contributed by atoms with Gasteiger partial charge in [0.2, 0.25) is 5.91 Å². The van der Waals surface area contributed by atoms with Crippen molar-refractivity contribution < 1.29 is 19.1 Å². The molecule has 160 valence electrons. The Morgan fingerprint density at radius 3 is 2.30 bits per heavy atom. The molecule has 0 unspecified atom stereocenters. The van der Waals surface area contributed by atoms with Gasteiger partial charge < -0.3 is 14.4 Å². The highest BCUT2D eigenvalue weighted by molar-refractivity contribution is 6.00. The van der Waals surface area contributed by atoms with Crippen LogP contribution in [0.4, 0.5) is 0 Å². The zero-order valence-electron chi connectivity index (χ0n) is 17.8. The summed E-state index contributed by atoms with van der Waals surface area (Å²) >= 11 is 0. The van der Waals surface area contributed by atoms with Gasteiger partial charge in [-0.05, 0) is 74.5 Å². The Hall–Kier alpha value is -2.04. The number of piperidine rings is 1. The zero-order chi connectivity index (χ0) is 20.5. The number of benzene rings is 1. The van der Waals surface area contributed by atoms with Gasteiger partial charge in [-0.1, -0.05) is 0 Å². The molecule has 1 amide bonds. The largest absolute Gasteiger partial charge is 0.497 e. The summed E-state index contributed by atoms with van der Waals surface area (Å²) in [5, 5.41) is 0. The molecule has 6 aliphatic rings. The third kappa shape index (κ3) is 2.80. The number of amides is 1. The zero-order valence-corrected chi connectivity index (χ0v) is 17.8. The molecule has 5 fully saturated rings. The Kier molecular flexibility index (Phi) is 4.04. The van der Waals surface area contributed by atoms with Gasteiger partial charge in [0.25, 0.3) is 0 Å². The van der Waals surface area contributed by atoms with E-state index >= 15 is 0 Å². The van der Waals surface area contributed by atoms with E-state index < -0.39 is 5.60 Å². The highest BCUT2D eigenvalue weighted by Crippen LogP contribution is 2.60. The summed E-state index contributed by atoms with van der Waals surface area (Å²) < 4.78 is 11.6. The predicted octanol–water partition coefficient (Wildman–Crippen LogP) is 4.24. The monoisotopic (exact) mass is 409 g/mol. The molecular formula is C25H31NO4.